The molecule has 0 fully saturated rings. The minimum atomic E-state index is 0.109. The molecule has 0 bridgehead atoms. The minimum Gasteiger partial charge on any atom is -0.496 e. The molecule has 1 amide bonds. The molecule has 7 heteroatoms. The zero-order valence-corrected chi connectivity index (χ0v) is 18.0. The van der Waals surface area contributed by atoms with Crippen LogP contribution < -0.4 is 4.74 Å². The second-order valence-corrected chi connectivity index (χ2v) is 7.72. The Morgan fingerprint density at radius 3 is 2.86 bits per heavy atom. The SMILES string of the molecule is C=CCn1c(SCC(=O)N(CC)C2=CCCCC2)nnc1-c1ccccc1OC. The lowest BCUT2D eigenvalue weighted by molar-refractivity contribution is -0.126. The number of amides is 1. The van der Waals surface area contributed by atoms with Gasteiger partial charge in [0.2, 0.25) is 5.91 Å². The van der Waals surface area contributed by atoms with Crippen molar-refractivity contribution in [3.63, 3.8) is 0 Å². The van der Waals surface area contributed by atoms with Gasteiger partial charge in [-0.05, 0) is 44.7 Å². The standard InChI is InChI=1S/C22H28N4O2S/c1-4-15-26-21(18-13-9-10-14-19(18)28-3)23-24-22(26)29-16-20(27)25(5-2)17-11-7-6-8-12-17/h4,9-11,13-14H,1,5-8,12,15-16H2,2-3H3. The van der Waals surface area contributed by atoms with Crippen LogP contribution >= 0.6 is 11.8 Å². The Bertz CT molecular complexity index is 891. The van der Waals surface area contributed by atoms with Crippen molar-refractivity contribution in [1.82, 2.24) is 19.7 Å². The predicted octanol–water partition coefficient (Wildman–Crippen LogP) is 4.54. The number of carbonyl (C=O) groups is 1. The van der Waals surface area contributed by atoms with E-state index in [0.717, 1.165) is 36.3 Å². The van der Waals surface area contributed by atoms with Crippen molar-refractivity contribution in [2.24, 2.45) is 0 Å². The summed E-state index contributed by atoms with van der Waals surface area (Å²) in [5.41, 5.74) is 2.02. The summed E-state index contributed by atoms with van der Waals surface area (Å²) < 4.78 is 7.44. The molecule has 3 rings (SSSR count). The molecule has 0 radical (unpaired) electrons. The van der Waals surface area contributed by atoms with E-state index in [9.17, 15) is 4.79 Å². The second kappa shape index (κ2) is 10.3. The number of hydrogen-bond donors (Lipinski definition) is 0. The number of nitrogens with zero attached hydrogens (tertiary/aromatic N) is 4. The quantitative estimate of drug-likeness (QED) is 0.447. The predicted molar refractivity (Wildman–Crippen MR) is 117 cm³/mol. The number of ether oxygens (including phenoxy) is 1. The average molecular weight is 413 g/mol. The molecule has 6 nitrogen and oxygen atoms in total. The van der Waals surface area contributed by atoms with Gasteiger partial charge in [0, 0.05) is 18.8 Å². The van der Waals surface area contributed by atoms with Gasteiger partial charge in [0.15, 0.2) is 11.0 Å². The van der Waals surface area contributed by atoms with Crippen LogP contribution in [0.25, 0.3) is 11.4 Å². The lowest BCUT2D eigenvalue weighted by Gasteiger charge is -2.26. The summed E-state index contributed by atoms with van der Waals surface area (Å²) in [4.78, 5) is 14.8. The molecular formula is C22H28N4O2S. The fourth-order valence-electron chi connectivity index (χ4n) is 3.53. The van der Waals surface area contributed by atoms with Crippen molar-refractivity contribution >= 4 is 17.7 Å². The van der Waals surface area contributed by atoms with Crippen LogP contribution in [0.15, 0.2) is 53.8 Å². The molecule has 1 aliphatic carbocycles. The molecule has 0 atom stereocenters. The Labute approximate surface area is 176 Å². The van der Waals surface area contributed by atoms with Crippen LogP contribution in [-0.2, 0) is 11.3 Å². The molecule has 0 aliphatic heterocycles. The van der Waals surface area contributed by atoms with Crippen molar-refractivity contribution in [2.45, 2.75) is 44.3 Å². The van der Waals surface area contributed by atoms with Gasteiger partial charge < -0.3 is 9.64 Å². The summed E-state index contributed by atoms with van der Waals surface area (Å²) in [7, 11) is 1.64. The number of benzene rings is 1. The Morgan fingerprint density at radius 1 is 1.34 bits per heavy atom. The molecule has 1 aromatic heterocycles. The smallest absolute Gasteiger partial charge is 0.237 e. The first kappa shape index (κ1) is 21.2. The fourth-order valence-corrected chi connectivity index (χ4v) is 4.35. The molecular weight excluding hydrogens is 384 g/mol. The minimum absolute atomic E-state index is 0.109. The molecule has 0 saturated heterocycles. The first-order chi connectivity index (χ1) is 14.2. The number of hydrogen-bond acceptors (Lipinski definition) is 5. The zero-order chi connectivity index (χ0) is 20.6. The maximum absolute atomic E-state index is 12.9. The number of thioether (sulfide) groups is 1. The largest absolute Gasteiger partial charge is 0.496 e. The number of aromatic nitrogens is 3. The highest BCUT2D eigenvalue weighted by Gasteiger charge is 2.21. The molecule has 1 heterocycles. The molecule has 1 aromatic carbocycles. The summed E-state index contributed by atoms with van der Waals surface area (Å²) in [6, 6.07) is 7.72. The van der Waals surface area contributed by atoms with Gasteiger partial charge in [-0.2, -0.15) is 0 Å². The third-order valence-electron chi connectivity index (χ3n) is 4.93. The monoisotopic (exact) mass is 412 g/mol. The second-order valence-electron chi connectivity index (χ2n) is 6.77. The topological polar surface area (TPSA) is 60.2 Å². The Kier molecular flexibility index (Phi) is 7.52. The van der Waals surface area contributed by atoms with Gasteiger partial charge in [-0.3, -0.25) is 9.36 Å². The Morgan fingerprint density at radius 2 is 2.17 bits per heavy atom. The van der Waals surface area contributed by atoms with Crippen LogP contribution in [0.3, 0.4) is 0 Å². The van der Waals surface area contributed by atoms with E-state index in [0.29, 0.717) is 29.8 Å². The lowest BCUT2D eigenvalue weighted by atomic mass is 10.0. The Balaban J connectivity index is 1.79. The average Bonchev–Trinajstić information content (AvgIpc) is 3.16. The molecule has 0 saturated carbocycles. The summed E-state index contributed by atoms with van der Waals surface area (Å²) in [6.07, 6.45) is 8.41. The van der Waals surface area contributed by atoms with Crippen LogP contribution in [0.1, 0.15) is 32.6 Å². The van der Waals surface area contributed by atoms with E-state index in [1.165, 1.54) is 18.2 Å². The first-order valence-electron chi connectivity index (χ1n) is 9.99. The molecule has 1 aliphatic rings. The van der Waals surface area contributed by atoms with Gasteiger partial charge in [0.1, 0.15) is 5.75 Å². The molecule has 0 N–H and O–H groups in total. The highest BCUT2D eigenvalue weighted by atomic mass is 32.2. The van der Waals surface area contributed by atoms with Crippen LogP contribution in [-0.4, -0.2) is 45.0 Å². The first-order valence-corrected chi connectivity index (χ1v) is 11.0. The summed E-state index contributed by atoms with van der Waals surface area (Å²) >= 11 is 1.41. The van der Waals surface area contributed by atoms with Crippen LogP contribution in [0, 0.1) is 0 Å². The van der Waals surface area contributed by atoms with E-state index in [1.807, 2.05) is 40.7 Å². The van der Waals surface area contributed by atoms with Crippen molar-refractivity contribution in [2.75, 3.05) is 19.4 Å². The van der Waals surface area contributed by atoms with Crippen molar-refractivity contribution in [1.29, 1.82) is 0 Å². The molecule has 0 spiro atoms. The van der Waals surface area contributed by atoms with Crippen LogP contribution in [0.5, 0.6) is 5.75 Å². The van der Waals surface area contributed by atoms with E-state index >= 15 is 0 Å². The van der Waals surface area contributed by atoms with E-state index in [2.05, 4.69) is 22.9 Å². The molecule has 154 valence electrons. The summed E-state index contributed by atoms with van der Waals surface area (Å²) in [5, 5.41) is 9.42. The van der Waals surface area contributed by atoms with Gasteiger partial charge >= 0.3 is 0 Å². The number of carbonyl (C=O) groups excluding carboxylic acids is 1. The van der Waals surface area contributed by atoms with E-state index in [-0.39, 0.29) is 5.91 Å². The maximum atomic E-state index is 12.9. The highest BCUT2D eigenvalue weighted by Crippen LogP contribution is 2.31. The van der Waals surface area contributed by atoms with E-state index in [4.69, 9.17) is 4.74 Å². The number of rotatable bonds is 9. The van der Waals surface area contributed by atoms with Crippen LogP contribution in [0.4, 0.5) is 0 Å². The van der Waals surface area contributed by atoms with Gasteiger partial charge in [-0.25, -0.2) is 0 Å². The number of para-hydroxylation sites is 1. The lowest BCUT2D eigenvalue weighted by Crippen LogP contribution is -2.32. The molecule has 2 aromatic rings. The third kappa shape index (κ3) is 4.90. The van der Waals surface area contributed by atoms with Crippen molar-refractivity contribution in [3.8, 4) is 17.1 Å². The normalized spacial score (nSPS) is 13.7. The number of methoxy groups -OCH3 is 1. The van der Waals surface area contributed by atoms with E-state index < -0.39 is 0 Å². The van der Waals surface area contributed by atoms with Crippen molar-refractivity contribution < 1.29 is 9.53 Å². The van der Waals surface area contributed by atoms with Gasteiger partial charge in [0.25, 0.3) is 0 Å². The summed E-state index contributed by atoms with van der Waals surface area (Å²) in [6.45, 7) is 7.12. The van der Waals surface area contributed by atoms with Crippen LogP contribution in [0.2, 0.25) is 0 Å². The highest BCUT2D eigenvalue weighted by molar-refractivity contribution is 7.99. The summed E-state index contributed by atoms with van der Waals surface area (Å²) in [5.74, 6) is 1.88. The van der Waals surface area contributed by atoms with Gasteiger partial charge in [-0.1, -0.05) is 36.0 Å². The zero-order valence-electron chi connectivity index (χ0n) is 17.1. The van der Waals surface area contributed by atoms with Gasteiger partial charge in [0.05, 0.1) is 18.4 Å². The van der Waals surface area contributed by atoms with Crippen molar-refractivity contribution in [3.05, 3.63) is 48.7 Å². The molecule has 0 unspecified atom stereocenters. The van der Waals surface area contributed by atoms with E-state index in [1.54, 1.807) is 13.2 Å². The molecule has 29 heavy (non-hydrogen) atoms. The Hall–Kier alpha value is -2.54. The number of allylic oxidation sites excluding steroid dienone is 3. The van der Waals surface area contributed by atoms with Gasteiger partial charge in [-0.15, -0.1) is 16.8 Å². The maximum Gasteiger partial charge on any atom is 0.237 e. The fraction of sp³-hybridized carbons (Fsp3) is 0.409. The third-order valence-corrected chi connectivity index (χ3v) is 5.88.